The summed E-state index contributed by atoms with van der Waals surface area (Å²) in [5.74, 6) is 0. The molecule has 0 aromatic carbocycles. The van der Waals surface area contributed by atoms with Crippen LogP contribution in [0.3, 0.4) is 0 Å². The first-order valence-corrected chi connectivity index (χ1v) is 15.6. The lowest BCUT2D eigenvalue weighted by atomic mass is 10.1. The van der Waals surface area contributed by atoms with Crippen molar-refractivity contribution >= 4 is 8.07 Å². The molecule has 0 N–H and O–H groups in total. The first-order valence-electron chi connectivity index (χ1n) is 12.9. The summed E-state index contributed by atoms with van der Waals surface area (Å²) in [6.07, 6.45) is 26.0. The quantitative estimate of drug-likeness (QED) is 0.126. The molecule has 0 rings (SSSR count). The predicted octanol–water partition coefficient (Wildman–Crippen LogP) is 10.2. The summed E-state index contributed by atoms with van der Waals surface area (Å²) in [4.78, 5) is 0. The molecule has 27 heavy (non-hydrogen) atoms. The van der Waals surface area contributed by atoms with Crippen LogP contribution in [0.4, 0.5) is 0 Å². The minimum Gasteiger partial charge on any atom is -0.107 e. The number of hydrogen-bond acceptors (Lipinski definition) is 0. The van der Waals surface area contributed by atoms with E-state index in [1.807, 2.05) is 0 Å². The van der Waals surface area contributed by atoms with E-state index in [2.05, 4.69) is 33.0 Å². The Balaban J connectivity index is 4.25. The molecule has 0 aromatic heterocycles. The highest BCUT2D eigenvalue weighted by Gasteiger charge is 2.27. The minimum atomic E-state index is -1.21. The van der Waals surface area contributed by atoms with Gasteiger partial charge in [0.1, 0.15) is 0 Å². The van der Waals surface area contributed by atoms with Crippen molar-refractivity contribution in [3.05, 3.63) is 12.3 Å². The molecular weight excluding hydrogens is 340 g/mol. The third-order valence-electron chi connectivity index (χ3n) is 6.52. The fourth-order valence-corrected chi connectivity index (χ4v) is 8.68. The lowest BCUT2D eigenvalue weighted by Crippen LogP contribution is -2.31. The molecule has 1 heteroatoms. The zero-order chi connectivity index (χ0) is 20.1. The summed E-state index contributed by atoms with van der Waals surface area (Å²) in [6, 6.07) is 4.60. The molecule has 0 aromatic rings. The summed E-state index contributed by atoms with van der Waals surface area (Å²) < 4.78 is 0. The standard InChI is InChI=1S/C26H54Si/c1-5-9-12-15-18-21-24-27(8-4,25-22-19-16-13-10-6-2)26-23-20-17-14-11-7-3/h8H,4-7,9-26H2,1-3H3. The molecule has 0 atom stereocenters. The fraction of sp³-hybridized carbons (Fsp3) is 0.923. The second-order valence-corrected chi connectivity index (χ2v) is 13.8. The maximum Gasteiger partial charge on any atom is 0.0770 e. The van der Waals surface area contributed by atoms with Crippen molar-refractivity contribution in [1.29, 1.82) is 0 Å². The van der Waals surface area contributed by atoms with Crippen LogP contribution in [0.2, 0.25) is 18.1 Å². The molecule has 0 amide bonds. The van der Waals surface area contributed by atoms with Gasteiger partial charge in [-0.25, -0.2) is 0 Å². The van der Waals surface area contributed by atoms with Gasteiger partial charge in [-0.15, -0.1) is 12.3 Å². The van der Waals surface area contributed by atoms with Crippen LogP contribution in [-0.2, 0) is 0 Å². The molecule has 0 aliphatic heterocycles. The zero-order valence-corrected chi connectivity index (χ0v) is 20.6. The SMILES string of the molecule is C=C[Si](CCCCCCCC)(CCCCCCCC)CCCCCCCC. The van der Waals surface area contributed by atoms with Gasteiger partial charge in [-0.1, -0.05) is 154 Å². The van der Waals surface area contributed by atoms with Crippen LogP contribution in [0.5, 0.6) is 0 Å². The Hall–Kier alpha value is -0.0431. The summed E-state index contributed by atoms with van der Waals surface area (Å²) in [6.45, 7) is 11.3. The highest BCUT2D eigenvalue weighted by atomic mass is 28.3. The van der Waals surface area contributed by atoms with Gasteiger partial charge in [0, 0.05) is 0 Å². The second kappa shape index (κ2) is 20.7. The van der Waals surface area contributed by atoms with Crippen LogP contribution in [-0.4, -0.2) is 8.07 Å². The highest BCUT2D eigenvalue weighted by Crippen LogP contribution is 2.30. The van der Waals surface area contributed by atoms with Crippen molar-refractivity contribution in [3.63, 3.8) is 0 Å². The van der Waals surface area contributed by atoms with Crippen molar-refractivity contribution in [2.24, 2.45) is 0 Å². The van der Waals surface area contributed by atoms with E-state index in [0.29, 0.717) is 0 Å². The largest absolute Gasteiger partial charge is 0.107 e. The van der Waals surface area contributed by atoms with Gasteiger partial charge in [0.05, 0.1) is 8.07 Å². The van der Waals surface area contributed by atoms with Crippen molar-refractivity contribution < 1.29 is 0 Å². The third-order valence-corrected chi connectivity index (χ3v) is 11.4. The van der Waals surface area contributed by atoms with Gasteiger partial charge in [-0.3, -0.25) is 0 Å². The Morgan fingerprint density at radius 2 is 0.704 bits per heavy atom. The van der Waals surface area contributed by atoms with E-state index in [-0.39, 0.29) is 0 Å². The van der Waals surface area contributed by atoms with Crippen LogP contribution in [0, 0.1) is 0 Å². The summed E-state index contributed by atoms with van der Waals surface area (Å²) >= 11 is 0. The molecule has 0 spiro atoms. The Morgan fingerprint density at radius 1 is 0.444 bits per heavy atom. The molecule has 0 radical (unpaired) electrons. The van der Waals surface area contributed by atoms with Gasteiger partial charge < -0.3 is 0 Å². The molecule has 162 valence electrons. The molecule has 0 nitrogen and oxygen atoms in total. The van der Waals surface area contributed by atoms with Gasteiger partial charge >= 0.3 is 0 Å². The van der Waals surface area contributed by atoms with E-state index < -0.39 is 8.07 Å². The smallest absolute Gasteiger partial charge is 0.0770 e. The van der Waals surface area contributed by atoms with Crippen molar-refractivity contribution in [2.45, 2.75) is 154 Å². The maximum atomic E-state index is 4.38. The average Bonchev–Trinajstić information content (AvgIpc) is 2.69. The molecular formula is C26H54Si. The van der Waals surface area contributed by atoms with Crippen LogP contribution >= 0.6 is 0 Å². The summed E-state index contributed by atoms with van der Waals surface area (Å²) in [5.41, 5.74) is 2.51. The highest BCUT2D eigenvalue weighted by molar-refractivity contribution is 6.84. The lowest BCUT2D eigenvalue weighted by molar-refractivity contribution is 0.607. The van der Waals surface area contributed by atoms with Crippen molar-refractivity contribution in [2.75, 3.05) is 0 Å². The van der Waals surface area contributed by atoms with Crippen LogP contribution in [0.15, 0.2) is 12.3 Å². The lowest BCUT2D eigenvalue weighted by Gasteiger charge is -2.29. The summed E-state index contributed by atoms with van der Waals surface area (Å²) in [5, 5.41) is 0. The molecule has 0 heterocycles. The van der Waals surface area contributed by atoms with Crippen LogP contribution in [0.1, 0.15) is 136 Å². The second-order valence-electron chi connectivity index (χ2n) is 9.12. The monoisotopic (exact) mass is 394 g/mol. The van der Waals surface area contributed by atoms with E-state index in [0.717, 1.165) is 0 Å². The Bertz CT molecular complexity index is 256. The van der Waals surface area contributed by atoms with E-state index in [1.165, 1.54) is 134 Å². The normalized spacial score (nSPS) is 11.8. The van der Waals surface area contributed by atoms with Gasteiger partial charge in [0.2, 0.25) is 0 Å². The topological polar surface area (TPSA) is 0 Å². The van der Waals surface area contributed by atoms with Gasteiger partial charge in [0.25, 0.3) is 0 Å². The molecule has 0 aliphatic carbocycles. The predicted molar refractivity (Wildman–Crippen MR) is 131 cm³/mol. The van der Waals surface area contributed by atoms with Gasteiger partial charge in [-0.2, -0.15) is 0 Å². The van der Waals surface area contributed by atoms with Crippen molar-refractivity contribution in [3.8, 4) is 0 Å². The number of hydrogen-bond donors (Lipinski definition) is 0. The van der Waals surface area contributed by atoms with E-state index in [1.54, 1.807) is 0 Å². The average molecular weight is 395 g/mol. The van der Waals surface area contributed by atoms with E-state index in [4.69, 9.17) is 0 Å². The minimum absolute atomic E-state index is 1.21. The van der Waals surface area contributed by atoms with Crippen LogP contribution < -0.4 is 0 Å². The Kier molecular flexibility index (Phi) is 20.7. The third kappa shape index (κ3) is 16.6. The van der Waals surface area contributed by atoms with Gasteiger partial charge in [-0.05, 0) is 0 Å². The Morgan fingerprint density at radius 3 is 0.963 bits per heavy atom. The Labute approximate surface area is 175 Å². The van der Waals surface area contributed by atoms with E-state index in [9.17, 15) is 0 Å². The molecule has 0 bridgehead atoms. The maximum absolute atomic E-state index is 4.38. The number of rotatable bonds is 22. The first kappa shape index (κ1) is 27.0. The fourth-order valence-electron chi connectivity index (χ4n) is 4.45. The molecule has 0 unspecified atom stereocenters. The number of unbranched alkanes of at least 4 members (excludes halogenated alkanes) is 15. The first-order chi connectivity index (χ1) is 13.2. The molecule has 0 saturated carbocycles. The zero-order valence-electron chi connectivity index (χ0n) is 19.6. The molecule has 0 aliphatic rings. The summed E-state index contributed by atoms with van der Waals surface area (Å²) in [7, 11) is -1.21. The van der Waals surface area contributed by atoms with Crippen LogP contribution in [0.25, 0.3) is 0 Å². The van der Waals surface area contributed by atoms with Crippen molar-refractivity contribution in [1.82, 2.24) is 0 Å². The van der Waals surface area contributed by atoms with Gasteiger partial charge in [0.15, 0.2) is 0 Å². The molecule has 0 fully saturated rings. The molecule has 0 saturated heterocycles. The van der Waals surface area contributed by atoms with E-state index >= 15 is 0 Å².